The summed E-state index contributed by atoms with van der Waals surface area (Å²) in [6.45, 7) is 6.12. The van der Waals surface area contributed by atoms with E-state index in [0.29, 0.717) is 12.4 Å². The SMILES string of the molecule is COc1ccc2c(c1)C1(CC2)N=C(NC(C)(C)C)NC1=O. The molecule has 112 valence electrons. The molecule has 0 saturated carbocycles. The first-order valence-electron chi connectivity index (χ1n) is 7.21. The molecule has 1 amide bonds. The molecule has 0 radical (unpaired) electrons. The van der Waals surface area contributed by atoms with Crippen LogP contribution in [0.4, 0.5) is 0 Å². The number of amides is 1. The van der Waals surface area contributed by atoms with E-state index in [-0.39, 0.29) is 11.4 Å². The van der Waals surface area contributed by atoms with E-state index in [2.05, 4.69) is 10.6 Å². The van der Waals surface area contributed by atoms with Crippen LogP contribution >= 0.6 is 0 Å². The highest BCUT2D eigenvalue weighted by molar-refractivity contribution is 6.08. The predicted octanol–water partition coefficient (Wildman–Crippen LogP) is 1.71. The van der Waals surface area contributed by atoms with Gasteiger partial charge >= 0.3 is 0 Å². The number of nitrogens with one attached hydrogen (secondary N) is 2. The molecule has 21 heavy (non-hydrogen) atoms. The van der Waals surface area contributed by atoms with Gasteiger partial charge < -0.3 is 10.1 Å². The van der Waals surface area contributed by atoms with Gasteiger partial charge in [-0.2, -0.15) is 0 Å². The minimum atomic E-state index is -0.794. The lowest BCUT2D eigenvalue weighted by molar-refractivity contribution is -0.124. The fourth-order valence-corrected chi connectivity index (χ4v) is 2.98. The zero-order chi connectivity index (χ0) is 15.3. The largest absolute Gasteiger partial charge is 0.497 e. The van der Waals surface area contributed by atoms with E-state index in [4.69, 9.17) is 9.73 Å². The van der Waals surface area contributed by atoms with Crippen molar-refractivity contribution in [3.63, 3.8) is 0 Å². The number of nitrogens with zero attached hydrogens (tertiary/aromatic N) is 1. The van der Waals surface area contributed by atoms with Crippen molar-refractivity contribution in [3.05, 3.63) is 29.3 Å². The second-order valence-electron chi connectivity index (χ2n) is 6.67. The Morgan fingerprint density at radius 3 is 2.81 bits per heavy atom. The van der Waals surface area contributed by atoms with Gasteiger partial charge in [-0.3, -0.25) is 10.1 Å². The minimum Gasteiger partial charge on any atom is -0.497 e. The zero-order valence-corrected chi connectivity index (χ0v) is 12.9. The number of hydrogen-bond donors (Lipinski definition) is 2. The van der Waals surface area contributed by atoms with Crippen molar-refractivity contribution in [1.82, 2.24) is 10.6 Å². The van der Waals surface area contributed by atoms with Crippen LogP contribution in [0, 0.1) is 0 Å². The summed E-state index contributed by atoms with van der Waals surface area (Å²) in [5.41, 5.74) is 1.20. The van der Waals surface area contributed by atoms with Gasteiger partial charge in [0.15, 0.2) is 11.5 Å². The summed E-state index contributed by atoms with van der Waals surface area (Å²) in [4.78, 5) is 17.2. The second-order valence-corrected chi connectivity index (χ2v) is 6.67. The van der Waals surface area contributed by atoms with E-state index in [1.807, 2.05) is 39.0 Å². The number of aryl methyl sites for hydroxylation is 1. The summed E-state index contributed by atoms with van der Waals surface area (Å²) in [6, 6.07) is 5.90. The molecule has 3 rings (SSSR count). The molecule has 0 fully saturated rings. The number of carbonyl (C=O) groups is 1. The van der Waals surface area contributed by atoms with Crippen LogP contribution < -0.4 is 15.4 Å². The van der Waals surface area contributed by atoms with Gasteiger partial charge in [0, 0.05) is 5.54 Å². The van der Waals surface area contributed by atoms with Crippen molar-refractivity contribution in [1.29, 1.82) is 0 Å². The zero-order valence-electron chi connectivity index (χ0n) is 12.9. The van der Waals surface area contributed by atoms with Crippen LogP contribution in [0.1, 0.15) is 38.3 Å². The molecule has 0 aromatic heterocycles. The van der Waals surface area contributed by atoms with Crippen molar-refractivity contribution in [3.8, 4) is 5.75 Å². The summed E-state index contributed by atoms with van der Waals surface area (Å²) in [5, 5.41) is 6.13. The maximum Gasteiger partial charge on any atom is 0.259 e. The summed E-state index contributed by atoms with van der Waals surface area (Å²) in [5.74, 6) is 1.26. The maximum absolute atomic E-state index is 12.6. The van der Waals surface area contributed by atoms with Crippen molar-refractivity contribution >= 4 is 11.9 Å². The molecule has 1 unspecified atom stereocenters. The molecule has 1 spiro atoms. The van der Waals surface area contributed by atoms with Crippen LogP contribution in [0.15, 0.2) is 23.2 Å². The Morgan fingerprint density at radius 1 is 1.38 bits per heavy atom. The Labute approximate surface area is 124 Å². The van der Waals surface area contributed by atoms with Gasteiger partial charge in [0.25, 0.3) is 5.91 Å². The van der Waals surface area contributed by atoms with Crippen molar-refractivity contribution in [2.75, 3.05) is 7.11 Å². The molecular formula is C16H21N3O2. The molecule has 2 N–H and O–H groups in total. The summed E-state index contributed by atoms with van der Waals surface area (Å²) >= 11 is 0. The lowest BCUT2D eigenvalue weighted by Gasteiger charge is -2.21. The first kappa shape index (κ1) is 13.9. The number of rotatable bonds is 1. The fourth-order valence-electron chi connectivity index (χ4n) is 2.98. The average molecular weight is 287 g/mol. The molecule has 2 aliphatic rings. The van der Waals surface area contributed by atoms with E-state index in [1.54, 1.807) is 7.11 Å². The van der Waals surface area contributed by atoms with Crippen LogP contribution in [0.5, 0.6) is 5.75 Å². The highest BCUT2D eigenvalue weighted by Gasteiger charge is 2.50. The molecule has 1 aromatic carbocycles. The first-order valence-corrected chi connectivity index (χ1v) is 7.21. The Bertz CT molecular complexity index is 631. The van der Waals surface area contributed by atoms with Crippen molar-refractivity contribution in [2.45, 2.75) is 44.7 Å². The highest BCUT2D eigenvalue weighted by Crippen LogP contribution is 2.43. The monoisotopic (exact) mass is 287 g/mol. The van der Waals surface area contributed by atoms with Gasteiger partial charge in [0.2, 0.25) is 0 Å². The molecule has 1 aromatic rings. The van der Waals surface area contributed by atoms with E-state index < -0.39 is 5.54 Å². The van der Waals surface area contributed by atoms with Crippen LogP contribution in [0.3, 0.4) is 0 Å². The van der Waals surface area contributed by atoms with Crippen LogP contribution in [-0.2, 0) is 16.8 Å². The number of hydrogen-bond acceptors (Lipinski definition) is 4. The van der Waals surface area contributed by atoms with Gasteiger partial charge in [-0.05, 0) is 56.9 Å². The molecule has 5 heteroatoms. The predicted molar refractivity (Wildman–Crippen MR) is 81.5 cm³/mol. The third kappa shape index (κ3) is 2.26. The van der Waals surface area contributed by atoms with Gasteiger partial charge in [0.1, 0.15) is 5.75 Å². The number of aliphatic imine (C=N–C) groups is 1. The molecule has 0 bridgehead atoms. The number of ether oxygens (including phenoxy) is 1. The van der Waals surface area contributed by atoms with E-state index in [1.165, 1.54) is 5.56 Å². The maximum atomic E-state index is 12.6. The second kappa shape index (κ2) is 4.48. The quantitative estimate of drug-likeness (QED) is 0.826. The molecule has 0 saturated heterocycles. The molecule has 1 aliphatic carbocycles. The normalized spacial score (nSPS) is 23.8. The molecule has 5 nitrogen and oxygen atoms in total. The van der Waals surface area contributed by atoms with Crippen molar-refractivity contribution in [2.24, 2.45) is 4.99 Å². The van der Waals surface area contributed by atoms with Gasteiger partial charge in [-0.15, -0.1) is 0 Å². The summed E-state index contributed by atoms with van der Waals surface area (Å²) in [7, 11) is 1.63. The summed E-state index contributed by atoms with van der Waals surface area (Å²) in [6.07, 6.45) is 1.57. The highest BCUT2D eigenvalue weighted by atomic mass is 16.5. The lowest BCUT2D eigenvalue weighted by atomic mass is 9.92. The Hall–Kier alpha value is -2.04. The summed E-state index contributed by atoms with van der Waals surface area (Å²) < 4.78 is 5.29. The molecule has 1 heterocycles. The van der Waals surface area contributed by atoms with Crippen LogP contribution in [0.25, 0.3) is 0 Å². The molecule has 1 atom stereocenters. The van der Waals surface area contributed by atoms with Crippen LogP contribution in [-0.4, -0.2) is 24.5 Å². The van der Waals surface area contributed by atoms with E-state index >= 15 is 0 Å². The standard InChI is InChI=1S/C16H21N3O2/c1-15(2,3)18-14-17-13(20)16(19-14)8-7-10-5-6-11(21-4)9-12(10)16/h5-6,9H,7-8H2,1-4H3,(H2,17,18,19,20). The van der Waals surface area contributed by atoms with E-state index in [0.717, 1.165) is 17.7 Å². The van der Waals surface area contributed by atoms with Gasteiger partial charge in [-0.1, -0.05) is 6.07 Å². The smallest absolute Gasteiger partial charge is 0.259 e. The third-order valence-corrected chi connectivity index (χ3v) is 3.92. The van der Waals surface area contributed by atoms with E-state index in [9.17, 15) is 4.79 Å². The Kier molecular flexibility index (Phi) is 2.97. The first-order chi connectivity index (χ1) is 9.84. The number of benzene rings is 1. The number of guanidine groups is 1. The topological polar surface area (TPSA) is 62.7 Å². The molecular weight excluding hydrogens is 266 g/mol. The van der Waals surface area contributed by atoms with Crippen LogP contribution in [0.2, 0.25) is 0 Å². The van der Waals surface area contributed by atoms with Crippen molar-refractivity contribution < 1.29 is 9.53 Å². The fraction of sp³-hybridized carbons (Fsp3) is 0.500. The number of carbonyl (C=O) groups excluding carboxylic acids is 1. The van der Waals surface area contributed by atoms with Gasteiger partial charge in [-0.25, -0.2) is 4.99 Å². The average Bonchev–Trinajstić information content (AvgIpc) is 2.90. The van der Waals surface area contributed by atoms with Gasteiger partial charge in [0.05, 0.1) is 7.11 Å². The minimum absolute atomic E-state index is 0.0544. The Morgan fingerprint density at radius 2 is 2.14 bits per heavy atom. The number of fused-ring (bicyclic) bond motifs is 2. The lowest BCUT2D eigenvalue weighted by Crippen LogP contribution is -2.47. The third-order valence-electron chi connectivity index (χ3n) is 3.92. The Balaban J connectivity index is 2.02. The molecule has 1 aliphatic heterocycles. The number of methoxy groups -OCH3 is 1.